The average Bonchev–Trinajstić information content (AvgIpc) is 2.28. The number of nitrogens with one attached hydrogen (secondary N) is 1. The topological polar surface area (TPSA) is 81.1 Å². The molecule has 0 fully saturated rings. The molecule has 0 aliphatic carbocycles. The number of benzene rings is 1. The van der Waals surface area contributed by atoms with Crippen LogP contribution in [-0.4, -0.2) is 23.2 Å². The van der Waals surface area contributed by atoms with Crippen LogP contribution in [0, 0.1) is 0 Å². The van der Waals surface area contributed by atoms with E-state index in [1.54, 1.807) is 11.8 Å². The summed E-state index contributed by atoms with van der Waals surface area (Å²) in [4.78, 5) is 12.1. The first kappa shape index (κ1) is 14.8. The maximum Gasteiger partial charge on any atom is 0.219 e. The summed E-state index contributed by atoms with van der Waals surface area (Å²) in [6, 6.07) is 5.82. The highest BCUT2D eigenvalue weighted by Gasteiger charge is 2.10. The minimum absolute atomic E-state index is 0.280. The maximum absolute atomic E-state index is 10.7. The van der Waals surface area contributed by atoms with Gasteiger partial charge in [0.2, 0.25) is 5.91 Å². The largest absolute Gasteiger partial charge is 0.389 e. The monoisotopic (exact) mass is 283 g/mol. The van der Waals surface area contributed by atoms with Crippen molar-refractivity contribution in [3.05, 3.63) is 23.8 Å². The Hall–Kier alpha value is -1.27. The van der Waals surface area contributed by atoms with Crippen molar-refractivity contribution < 1.29 is 4.79 Å². The second-order valence-corrected chi connectivity index (χ2v) is 5.36. The van der Waals surface area contributed by atoms with Gasteiger partial charge in [0.25, 0.3) is 0 Å². The van der Waals surface area contributed by atoms with Gasteiger partial charge in [0.05, 0.1) is 0 Å². The molecule has 1 aromatic carbocycles. The van der Waals surface area contributed by atoms with Crippen molar-refractivity contribution in [2.24, 2.45) is 11.5 Å². The first-order valence-corrected chi connectivity index (χ1v) is 7.03. The summed E-state index contributed by atoms with van der Waals surface area (Å²) in [5, 5.41) is 3.14. The van der Waals surface area contributed by atoms with Gasteiger partial charge in [-0.3, -0.25) is 4.79 Å². The third-order valence-corrected chi connectivity index (χ3v) is 3.40. The van der Waals surface area contributed by atoms with Crippen LogP contribution >= 0.6 is 24.0 Å². The molecule has 5 N–H and O–H groups in total. The standard InChI is InChI=1S/C12H17N3OS2/c1-2-18-9-5-3-4-8(11(9)12(14)17)15-7-6-10(13)16/h3-5,15H,2,6-7H2,1H3,(H2,13,16)(H2,14,17). The van der Waals surface area contributed by atoms with Gasteiger partial charge in [0.15, 0.2) is 0 Å². The van der Waals surface area contributed by atoms with E-state index in [4.69, 9.17) is 23.7 Å². The highest BCUT2D eigenvalue weighted by molar-refractivity contribution is 7.99. The molecule has 0 radical (unpaired) electrons. The third-order valence-electron chi connectivity index (χ3n) is 2.26. The fourth-order valence-electron chi connectivity index (χ4n) is 1.53. The number of anilines is 1. The zero-order valence-corrected chi connectivity index (χ0v) is 11.9. The van der Waals surface area contributed by atoms with Gasteiger partial charge in [0, 0.05) is 29.1 Å². The van der Waals surface area contributed by atoms with E-state index >= 15 is 0 Å². The molecular formula is C12H17N3OS2. The molecule has 98 valence electrons. The van der Waals surface area contributed by atoms with E-state index in [2.05, 4.69) is 12.2 Å². The van der Waals surface area contributed by atoms with Crippen molar-refractivity contribution in [1.29, 1.82) is 0 Å². The predicted octanol–water partition coefficient (Wildman–Crippen LogP) is 1.72. The summed E-state index contributed by atoms with van der Waals surface area (Å²) in [5.41, 5.74) is 12.5. The smallest absolute Gasteiger partial charge is 0.219 e. The molecule has 0 saturated carbocycles. The molecule has 0 atom stereocenters. The molecule has 0 heterocycles. The van der Waals surface area contributed by atoms with Crippen molar-refractivity contribution in [1.82, 2.24) is 0 Å². The van der Waals surface area contributed by atoms with Gasteiger partial charge in [-0.15, -0.1) is 11.8 Å². The van der Waals surface area contributed by atoms with Crippen molar-refractivity contribution in [2.75, 3.05) is 17.6 Å². The number of nitrogens with two attached hydrogens (primary N) is 2. The fraction of sp³-hybridized carbons (Fsp3) is 0.333. The number of rotatable bonds is 7. The molecule has 0 spiro atoms. The molecule has 0 saturated heterocycles. The second-order valence-electron chi connectivity index (χ2n) is 3.62. The Balaban J connectivity index is 2.92. The molecule has 1 amide bonds. The van der Waals surface area contributed by atoms with Crippen LogP contribution in [-0.2, 0) is 4.79 Å². The molecule has 18 heavy (non-hydrogen) atoms. The van der Waals surface area contributed by atoms with Crippen molar-refractivity contribution >= 4 is 40.6 Å². The van der Waals surface area contributed by atoms with Gasteiger partial charge >= 0.3 is 0 Å². The number of carbonyl (C=O) groups excluding carboxylic acids is 1. The SMILES string of the molecule is CCSc1cccc(NCCC(N)=O)c1C(N)=S. The van der Waals surface area contributed by atoms with Crippen LogP contribution < -0.4 is 16.8 Å². The molecule has 0 unspecified atom stereocenters. The van der Waals surface area contributed by atoms with E-state index in [-0.39, 0.29) is 12.3 Å². The number of amides is 1. The lowest BCUT2D eigenvalue weighted by atomic mass is 10.1. The van der Waals surface area contributed by atoms with Crippen LogP contribution in [0.1, 0.15) is 18.9 Å². The van der Waals surface area contributed by atoms with Gasteiger partial charge in [-0.1, -0.05) is 25.2 Å². The van der Waals surface area contributed by atoms with Gasteiger partial charge in [0.1, 0.15) is 4.99 Å². The van der Waals surface area contributed by atoms with E-state index in [9.17, 15) is 4.79 Å². The number of hydrogen-bond donors (Lipinski definition) is 3. The summed E-state index contributed by atoms with van der Waals surface area (Å²) in [6.45, 7) is 2.55. The quantitative estimate of drug-likeness (QED) is 0.524. The number of hydrogen-bond acceptors (Lipinski definition) is 4. The highest BCUT2D eigenvalue weighted by atomic mass is 32.2. The number of thioether (sulfide) groups is 1. The lowest BCUT2D eigenvalue weighted by Gasteiger charge is -2.14. The highest BCUT2D eigenvalue weighted by Crippen LogP contribution is 2.28. The van der Waals surface area contributed by atoms with Crippen molar-refractivity contribution in [3.63, 3.8) is 0 Å². The van der Waals surface area contributed by atoms with Gasteiger partial charge in [-0.2, -0.15) is 0 Å². The zero-order valence-electron chi connectivity index (χ0n) is 10.2. The van der Waals surface area contributed by atoms with E-state index in [0.717, 1.165) is 21.9 Å². The lowest BCUT2D eigenvalue weighted by Crippen LogP contribution is -2.18. The van der Waals surface area contributed by atoms with Crippen molar-refractivity contribution in [3.8, 4) is 0 Å². The van der Waals surface area contributed by atoms with Crippen LogP contribution in [0.15, 0.2) is 23.1 Å². The molecule has 0 bridgehead atoms. The fourth-order valence-corrected chi connectivity index (χ4v) is 2.66. The van der Waals surface area contributed by atoms with E-state index < -0.39 is 0 Å². The molecule has 0 aliphatic heterocycles. The van der Waals surface area contributed by atoms with Gasteiger partial charge < -0.3 is 16.8 Å². The Morgan fingerprint density at radius 3 is 2.72 bits per heavy atom. The van der Waals surface area contributed by atoms with Crippen LogP contribution in [0.5, 0.6) is 0 Å². The first-order valence-electron chi connectivity index (χ1n) is 5.64. The second kappa shape index (κ2) is 7.23. The predicted molar refractivity (Wildman–Crippen MR) is 81.0 cm³/mol. The first-order chi connectivity index (χ1) is 8.56. The molecule has 1 rings (SSSR count). The zero-order chi connectivity index (χ0) is 13.5. The number of carbonyl (C=O) groups is 1. The number of primary amides is 1. The van der Waals surface area contributed by atoms with E-state index in [1.807, 2.05) is 18.2 Å². The maximum atomic E-state index is 10.7. The lowest BCUT2D eigenvalue weighted by molar-refractivity contribution is -0.117. The Morgan fingerprint density at radius 1 is 1.44 bits per heavy atom. The Bertz CT molecular complexity index is 449. The van der Waals surface area contributed by atoms with Crippen LogP contribution in [0.3, 0.4) is 0 Å². The molecular weight excluding hydrogens is 266 g/mol. The Morgan fingerprint density at radius 2 is 2.17 bits per heavy atom. The van der Waals surface area contributed by atoms with Crippen molar-refractivity contribution in [2.45, 2.75) is 18.2 Å². The minimum atomic E-state index is -0.335. The Labute approximate surface area is 116 Å². The minimum Gasteiger partial charge on any atom is -0.389 e. The Kier molecular flexibility index (Phi) is 5.94. The molecule has 6 heteroatoms. The molecule has 4 nitrogen and oxygen atoms in total. The molecule has 0 aromatic heterocycles. The van der Waals surface area contributed by atoms with Crippen LogP contribution in [0.4, 0.5) is 5.69 Å². The van der Waals surface area contributed by atoms with E-state index in [0.29, 0.717) is 11.5 Å². The summed E-state index contributed by atoms with van der Waals surface area (Å²) in [5.74, 6) is 0.610. The average molecular weight is 283 g/mol. The summed E-state index contributed by atoms with van der Waals surface area (Å²) < 4.78 is 0. The normalized spacial score (nSPS) is 10.1. The number of thiocarbonyl (C=S) groups is 1. The van der Waals surface area contributed by atoms with Gasteiger partial charge in [-0.05, 0) is 17.9 Å². The van der Waals surface area contributed by atoms with E-state index in [1.165, 1.54) is 0 Å². The summed E-state index contributed by atoms with van der Waals surface area (Å²) in [7, 11) is 0. The summed E-state index contributed by atoms with van der Waals surface area (Å²) >= 11 is 6.77. The third kappa shape index (κ3) is 4.19. The summed E-state index contributed by atoms with van der Waals surface area (Å²) in [6.07, 6.45) is 0.280. The molecule has 0 aliphatic rings. The van der Waals surface area contributed by atoms with Gasteiger partial charge in [-0.25, -0.2) is 0 Å². The van der Waals surface area contributed by atoms with Crippen LogP contribution in [0.25, 0.3) is 0 Å². The van der Waals surface area contributed by atoms with Crippen LogP contribution in [0.2, 0.25) is 0 Å². The molecule has 1 aromatic rings.